The first-order chi connectivity index (χ1) is 7.86. The molecule has 1 aliphatic carbocycles. The van der Waals surface area contributed by atoms with Gasteiger partial charge in [-0.2, -0.15) is 0 Å². The van der Waals surface area contributed by atoms with Gasteiger partial charge in [-0.05, 0) is 43.4 Å². The normalized spacial score (nSPS) is 20.1. The van der Waals surface area contributed by atoms with Crippen molar-refractivity contribution >= 4 is 0 Å². The van der Waals surface area contributed by atoms with E-state index in [0.29, 0.717) is 12.0 Å². The molecule has 84 valence electrons. The molecule has 1 N–H and O–H groups in total. The van der Waals surface area contributed by atoms with Gasteiger partial charge in [0.25, 0.3) is 0 Å². The Morgan fingerprint density at radius 1 is 1.50 bits per heavy atom. The van der Waals surface area contributed by atoms with E-state index in [1.807, 2.05) is 7.05 Å². The highest BCUT2D eigenvalue weighted by atomic mass is 14.9. The summed E-state index contributed by atoms with van der Waals surface area (Å²) in [5, 5.41) is 3.42. The fourth-order valence-electron chi connectivity index (χ4n) is 2.79. The van der Waals surface area contributed by atoms with Crippen LogP contribution in [0.4, 0.5) is 0 Å². The zero-order chi connectivity index (χ0) is 11.4. The molecule has 0 saturated carbocycles. The van der Waals surface area contributed by atoms with Gasteiger partial charge in [0.1, 0.15) is 0 Å². The number of terminal acetylenes is 1. The lowest BCUT2D eigenvalue weighted by molar-refractivity contribution is 0.437. The van der Waals surface area contributed by atoms with Crippen LogP contribution in [0.5, 0.6) is 0 Å². The van der Waals surface area contributed by atoms with E-state index in [-0.39, 0.29) is 0 Å². The zero-order valence-corrected chi connectivity index (χ0v) is 9.87. The predicted octanol–water partition coefficient (Wildman–Crippen LogP) is 2.72. The minimum absolute atomic E-state index is 0.528. The molecule has 0 aliphatic heterocycles. The highest BCUT2D eigenvalue weighted by Gasteiger charge is 2.27. The van der Waals surface area contributed by atoms with E-state index in [1.54, 1.807) is 0 Å². The molecule has 0 fully saturated rings. The van der Waals surface area contributed by atoms with Crippen LogP contribution in [0.3, 0.4) is 0 Å². The zero-order valence-electron chi connectivity index (χ0n) is 9.87. The summed E-state index contributed by atoms with van der Waals surface area (Å²) >= 11 is 0. The molecule has 1 heteroatoms. The van der Waals surface area contributed by atoms with Crippen molar-refractivity contribution in [2.24, 2.45) is 0 Å². The van der Waals surface area contributed by atoms with Gasteiger partial charge in [0, 0.05) is 12.5 Å². The summed E-state index contributed by atoms with van der Waals surface area (Å²) in [7, 11) is 2.04. The van der Waals surface area contributed by atoms with Crippen LogP contribution >= 0.6 is 0 Å². The summed E-state index contributed by atoms with van der Waals surface area (Å²) in [5.74, 6) is 3.39. The average Bonchev–Trinajstić information content (AvgIpc) is 2.75. The van der Waals surface area contributed by atoms with Crippen molar-refractivity contribution in [3.63, 3.8) is 0 Å². The fourth-order valence-corrected chi connectivity index (χ4v) is 2.79. The van der Waals surface area contributed by atoms with Crippen molar-refractivity contribution in [3.8, 4) is 12.3 Å². The van der Waals surface area contributed by atoms with Crippen LogP contribution in [0, 0.1) is 12.3 Å². The van der Waals surface area contributed by atoms with Gasteiger partial charge in [-0.25, -0.2) is 0 Å². The summed E-state index contributed by atoms with van der Waals surface area (Å²) in [6.07, 6.45) is 9.76. The van der Waals surface area contributed by atoms with Crippen molar-refractivity contribution in [1.29, 1.82) is 0 Å². The molecule has 0 radical (unpaired) electrons. The molecule has 1 aliphatic rings. The average molecular weight is 213 g/mol. The summed E-state index contributed by atoms with van der Waals surface area (Å²) in [4.78, 5) is 0. The second kappa shape index (κ2) is 5.18. The van der Waals surface area contributed by atoms with E-state index in [1.165, 1.54) is 24.0 Å². The van der Waals surface area contributed by atoms with Crippen molar-refractivity contribution in [1.82, 2.24) is 5.32 Å². The largest absolute Gasteiger partial charge is 0.316 e. The Kier molecular flexibility index (Phi) is 3.64. The third-order valence-corrected chi connectivity index (χ3v) is 3.64. The number of nitrogens with one attached hydrogen (secondary N) is 1. The molecule has 0 saturated heterocycles. The Morgan fingerprint density at radius 2 is 2.31 bits per heavy atom. The lowest BCUT2D eigenvalue weighted by atomic mass is 9.90. The Hall–Kier alpha value is -1.26. The number of rotatable bonds is 4. The van der Waals surface area contributed by atoms with Crippen molar-refractivity contribution < 1.29 is 0 Å². The molecule has 0 spiro atoms. The number of fused-ring (bicyclic) bond motifs is 1. The maximum absolute atomic E-state index is 5.35. The summed E-state index contributed by atoms with van der Waals surface area (Å²) < 4.78 is 0. The number of benzene rings is 1. The van der Waals surface area contributed by atoms with Crippen LogP contribution in [-0.2, 0) is 6.42 Å². The molecule has 0 amide bonds. The Balaban J connectivity index is 2.14. The van der Waals surface area contributed by atoms with Gasteiger partial charge in [0.15, 0.2) is 0 Å². The number of hydrogen-bond acceptors (Lipinski definition) is 1. The van der Waals surface area contributed by atoms with Gasteiger partial charge >= 0.3 is 0 Å². The summed E-state index contributed by atoms with van der Waals surface area (Å²) in [5.41, 5.74) is 3.05. The minimum atomic E-state index is 0.528. The van der Waals surface area contributed by atoms with Gasteiger partial charge in [0.05, 0.1) is 0 Å². The van der Waals surface area contributed by atoms with Gasteiger partial charge < -0.3 is 5.32 Å². The topological polar surface area (TPSA) is 12.0 Å². The summed E-state index contributed by atoms with van der Waals surface area (Å²) in [6.45, 7) is 0. The molecule has 2 atom stereocenters. The quantitative estimate of drug-likeness (QED) is 0.758. The molecule has 0 bridgehead atoms. The minimum Gasteiger partial charge on any atom is -0.316 e. The number of aryl methyl sites for hydroxylation is 1. The molecule has 1 aromatic carbocycles. The lowest BCUT2D eigenvalue weighted by Gasteiger charge is -2.23. The highest BCUT2D eigenvalue weighted by molar-refractivity contribution is 5.36. The van der Waals surface area contributed by atoms with Crippen LogP contribution in [-0.4, -0.2) is 13.1 Å². The first-order valence-corrected chi connectivity index (χ1v) is 6.05. The van der Waals surface area contributed by atoms with E-state index in [0.717, 1.165) is 12.8 Å². The smallest absolute Gasteiger partial charge is 0.0142 e. The van der Waals surface area contributed by atoms with Crippen LogP contribution in [0.15, 0.2) is 24.3 Å². The predicted molar refractivity (Wildman–Crippen MR) is 68.4 cm³/mol. The van der Waals surface area contributed by atoms with Crippen molar-refractivity contribution in [2.75, 3.05) is 7.05 Å². The van der Waals surface area contributed by atoms with Crippen LogP contribution in [0.25, 0.3) is 0 Å². The molecule has 1 aromatic rings. The van der Waals surface area contributed by atoms with Crippen molar-refractivity contribution in [3.05, 3.63) is 35.4 Å². The second-order valence-corrected chi connectivity index (χ2v) is 4.48. The standard InChI is InChI=1S/C15H19N/c1-3-4-9-15(16-2)14-11-10-12-7-5-6-8-13(12)14/h1,5-8,14-16H,4,9-11H2,2H3. The first kappa shape index (κ1) is 11.2. The second-order valence-electron chi connectivity index (χ2n) is 4.48. The molecule has 2 unspecified atom stereocenters. The van der Waals surface area contributed by atoms with Gasteiger partial charge in [-0.3, -0.25) is 0 Å². The maximum Gasteiger partial charge on any atom is 0.0142 e. The Bertz CT molecular complexity index is 389. The molecule has 0 aromatic heterocycles. The van der Waals surface area contributed by atoms with E-state index < -0.39 is 0 Å². The maximum atomic E-state index is 5.35. The van der Waals surface area contributed by atoms with Gasteiger partial charge in [0.2, 0.25) is 0 Å². The van der Waals surface area contributed by atoms with Crippen LogP contribution in [0.1, 0.15) is 36.3 Å². The Morgan fingerprint density at radius 3 is 3.06 bits per heavy atom. The number of hydrogen-bond donors (Lipinski definition) is 1. The van der Waals surface area contributed by atoms with Gasteiger partial charge in [-0.1, -0.05) is 24.3 Å². The monoisotopic (exact) mass is 213 g/mol. The van der Waals surface area contributed by atoms with E-state index in [4.69, 9.17) is 6.42 Å². The highest BCUT2D eigenvalue weighted by Crippen LogP contribution is 2.36. The third kappa shape index (κ3) is 2.13. The van der Waals surface area contributed by atoms with Crippen LogP contribution < -0.4 is 5.32 Å². The summed E-state index contributed by atoms with van der Waals surface area (Å²) in [6, 6.07) is 9.33. The molecule has 0 heterocycles. The van der Waals surface area contributed by atoms with Crippen molar-refractivity contribution in [2.45, 2.75) is 37.6 Å². The van der Waals surface area contributed by atoms with Gasteiger partial charge in [-0.15, -0.1) is 12.3 Å². The molecular weight excluding hydrogens is 194 g/mol. The molecule has 16 heavy (non-hydrogen) atoms. The molecule has 1 nitrogen and oxygen atoms in total. The van der Waals surface area contributed by atoms with Crippen LogP contribution in [0.2, 0.25) is 0 Å². The van der Waals surface area contributed by atoms with E-state index in [2.05, 4.69) is 35.5 Å². The fraction of sp³-hybridized carbons (Fsp3) is 0.467. The van der Waals surface area contributed by atoms with E-state index in [9.17, 15) is 0 Å². The number of likely N-dealkylation sites (N-methyl/N-ethyl adjacent to an activating group) is 1. The first-order valence-electron chi connectivity index (χ1n) is 6.05. The molecule has 2 rings (SSSR count). The van der Waals surface area contributed by atoms with E-state index >= 15 is 0 Å². The third-order valence-electron chi connectivity index (χ3n) is 3.64. The SMILES string of the molecule is C#CCCC(NC)C1CCc2ccccc21. The lowest BCUT2D eigenvalue weighted by Crippen LogP contribution is -2.31. The Labute approximate surface area is 98.3 Å². The molecular formula is C15H19N.